The van der Waals surface area contributed by atoms with Crippen molar-refractivity contribution in [2.24, 2.45) is 5.73 Å². The number of pyridine rings is 1. The van der Waals surface area contributed by atoms with E-state index in [4.69, 9.17) is 5.73 Å². The Hall–Kier alpha value is -1.23. The molecule has 3 nitrogen and oxygen atoms in total. The zero-order valence-electron chi connectivity index (χ0n) is 10.8. The molecule has 100 valence electrons. The van der Waals surface area contributed by atoms with E-state index in [2.05, 4.69) is 20.9 Å². The van der Waals surface area contributed by atoms with Gasteiger partial charge in [-0.1, -0.05) is 22.0 Å². The highest BCUT2D eigenvalue weighted by atomic mass is 79.9. The van der Waals surface area contributed by atoms with E-state index in [1.807, 2.05) is 37.3 Å². The second-order valence-corrected chi connectivity index (χ2v) is 5.55. The number of halogens is 1. The molecule has 0 fully saturated rings. The molecule has 0 aliphatic rings. The van der Waals surface area contributed by atoms with Crippen LogP contribution in [0.4, 0.5) is 0 Å². The Balaban J connectivity index is 2.33. The van der Waals surface area contributed by atoms with Crippen LogP contribution in [0, 0.1) is 6.92 Å². The number of hydrogen-bond acceptors (Lipinski definition) is 3. The molecule has 2 unspecified atom stereocenters. The number of hydrogen-bond donors (Lipinski definition) is 2. The molecule has 1 heterocycles. The van der Waals surface area contributed by atoms with Gasteiger partial charge in [-0.2, -0.15) is 0 Å². The lowest BCUT2D eigenvalue weighted by Crippen LogP contribution is -2.20. The van der Waals surface area contributed by atoms with Gasteiger partial charge in [-0.15, -0.1) is 0 Å². The molecule has 2 rings (SSSR count). The molecule has 4 heteroatoms. The summed E-state index contributed by atoms with van der Waals surface area (Å²) in [6.45, 7) is 2.39. The van der Waals surface area contributed by atoms with Crippen LogP contribution < -0.4 is 5.73 Å². The first kappa shape index (κ1) is 14.2. The van der Waals surface area contributed by atoms with Crippen LogP contribution in [0.2, 0.25) is 0 Å². The number of aryl methyl sites for hydroxylation is 1. The minimum Gasteiger partial charge on any atom is -0.388 e. The Labute approximate surface area is 121 Å². The minimum absolute atomic E-state index is 0.128. The van der Waals surface area contributed by atoms with Crippen LogP contribution in [-0.2, 0) is 0 Å². The molecule has 3 N–H and O–H groups in total. The van der Waals surface area contributed by atoms with Crippen LogP contribution in [0.25, 0.3) is 0 Å². The lowest BCUT2D eigenvalue weighted by atomic mass is 9.89. The fraction of sp³-hybridized carbons (Fsp3) is 0.267. The molecule has 2 aromatic rings. The Morgan fingerprint density at radius 2 is 1.89 bits per heavy atom. The average Bonchev–Trinajstić information content (AvgIpc) is 2.39. The predicted molar refractivity (Wildman–Crippen MR) is 79.9 cm³/mol. The summed E-state index contributed by atoms with van der Waals surface area (Å²) >= 11 is 3.46. The van der Waals surface area contributed by atoms with Gasteiger partial charge in [0, 0.05) is 29.3 Å². The molecular formula is C15H17BrN2O. The number of benzene rings is 1. The monoisotopic (exact) mass is 320 g/mol. The highest BCUT2D eigenvalue weighted by Crippen LogP contribution is 2.31. The van der Waals surface area contributed by atoms with Gasteiger partial charge >= 0.3 is 0 Å². The molecule has 1 aromatic carbocycles. The first-order valence-corrected chi connectivity index (χ1v) is 6.96. The molecule has 0 saturated carbocycles. The average molecular weight is 321 g/mol. The molecule has 0 saturated heterocycles. The van der Waals surface area contributed by atoms with Crippen molar-refractivity contribution >= 4 is 15.9 Å². The van der Waals surface area contributed by atoms with Crippen LogP contribution in [0.3, 0.4) is 0 Å². The van der Waals surface area contributed by atoms with E-state index in [1.54, 1.807) is 12.4 Å². The number of rotatable bonds is 4. The topological polar surface area (TPSA) is 59.1 Å². The number of aliphatic hydroxyl groups is 1. The fourth-order valence-corrected chi connectivity index (χ4v) is 2.85. The smallest absolute Gasteiger partial charge is 0.0871 e. The molecule has 0 bridgehead atoms. The van der Waals surface area contributed by atoms with Crippen LogP contribution in [0.5, 0.6) is 0 Å². The summed E-state index contributed by atoms with van der Waals surface area (Å²) in [6.07, 6.45) is 2.82. The number of aromatic nitrogens is 1. The number of nitrogens with zero attached hydrogens (tertiary/aromatic N) is 1. The largest absolute Gasteiger partial charge is 0.388 e. The zero-order chi connectivity index (χ0) is 13.8. The third kappa shape index (κ3) is 3.41. The van der Waals surface area contributed by atoms with Gasteiger partial charge in [0.1, 0.15) is 0 Å². The van der Waals surface area contributed by atoms with E-state index in [0.717, 1.165) is 21.2 Å². The van der Waals surface area contributed by atoms with E-state index in [0.29, 0.717) is 6.54 Å². The molecule has 0 spiro atoms. The molecule has 0 radical (unpaired) electrons. The molecule has 0 aliphatic heterocycles. The maximum atomic E-state index is 10.6. The predicted octanol–water partition coefficient (Wildman–Crippen LogP) is 2.93. The van der Waals surface area contributed by atoms with Crippen molar-refractivity contribution in [3.8, 4) is 0 Å². The zero-order valence-corrected chi connectivity index (χ0v) is 12.3. The summed E-state index contributed by atoms with van der Waals surface area (Å²) < 4.78 is 0.965. The van der Waals surface area contributed by atoms with Crippen molar-refractivity contribution in [1.82, 2.24) is 4.98 Å². The number of aliphatic hydroxyl groups excluding tert-OH is 1. The molecule has 1 aromatic heterocycles. The van der Waals surface area contributed by atoms with Crippen molar-refractivity contribution in [3.63, 3.8) is 0 Å². The lowest BCUT2D eigenvalue weighted by Gasteiger charge is -2.22. The first-order valence-electron chi connectivity index (χ1n) is 6.17. The Kier molecular flexibility index (Phi) is 4.69. The lowest BCUT2D eigenvalue weighted by molar-refractivity contribution is 0.147. The summed E-state index contributed by atoms with van der Waals surface area (Å²) in [7, 11) is 0. The fourth-order valence-electron chi connectivity index (χ4n) is 2.23. The van der Waals surface area contributed by atoms with E-state index in [1.165, 1.54) is 0 Å². The Morgan fingerprint density at radius 3 is 2.47 bits per heavy atom. The maximum Gasteiger partial charge on any atom is 0.0871 e. The van der Waals surface area contributed by atoms with E-state index in [9.17, 15) is 5.11 Å². The molecule has 0 amide bonds. The highest BCUT2D eigenvalue weighted by Gasteiger charge is 2.21. The van der Waals surface area contributed by atoms with Gasteiger partial charge in [-0.05, 0) is 47.9 Å². The van der Waals surface area contributed by atoms with Crippen molar-refractivity contribution in [3.05, 3.63) is 63.9 Å². The molecule has 19 heavy (non-hydrogen) atoms. The summed E-state index contributed by atoms with van der Waals surface area (Å²) in [6, 6.07) is 9.72. The van der Waals surface area contributed by atoms with Crippen molar-refractivity contribution < 1.29 is 5.11 Å². The van der Waals surface area contributed by atoms with E-state index < -0.39 is 6.10 Å². The van der Waals surface area contributed by atoms with Crippen LogP contribution in [0.1, 0.15) is 28.7 Å². The van der Waals surface area contributed by atoms with Crippen LogP contribution in [0.15, 0.2) is 47.2 Å². The van der Waals surface area contributed by atoms with Crippen molar-refractivity contribution in [1.29, 1.82) is 0 Å². The quantitative estimate of drug-likeness (QED) is 0.910. The molecule has 2 atom stereocenters. The van der Waals surface area contributed by atoms with Crippen LogP contribution >= 0.6 is 15.9 Å². The Bertz CT molecular complexity index is 525. The summed E-state index contributed by atoms with van der Waals surface area (Å²) in [4.78, 5) is 3.99. The second kappa shape index (κ2) is 6.28. The standard InChI is InChI=1S/C15H17BrN2O/c1-10-6-12(8-13(16)7-10)15(19)14(9-17)11-2-4-18-5-3-11/h2-8,14-15,19H,9,17H2,1H3. The van der Waals surface area contributed by atoms with Crippen molar-refractivity contribution in [2.75, 3.05) is 6.54 Å². The SMILES string of the molecule is Cc1cc(Br)cc(C(O)C(CN)c2ccncc2)c1. The van der Waals surface area contributed by atoms with E-state index in [-0.39, 0.29) is 5.92 Å². The van der Waals surface area contributed by atoms with Crippen molar-refractivity contribution in [2.45, 2.75) is 18.9 Å². The second-order valence-electron chi connectivity index (χ2n) is 4.63. The van der Waals surface area contributed by atoms with Gasteiger partial charge in [0.05, 0.1) is 6.10 Å². The van der Waals surface area contributed by atoms with Gasteiger partial charge in [0.25, 0.3) is 0 Å². The normalized spacial score (nSPS) is 14.1. The highest BCUT2D eigenvalue weighted by molar-refractivity contribution is 9.10. The maximum absolute atomic E-state index is 10.6. The minimum atomic E-state index is -0.622. The third-order valence-corrected chi connectivity index (χ3v) is 3.63. The summed E-state index contributed by atoms with van der Waals surface area (Å²) in [5.41, 5.74) is 8.81. The van der Waals surface area contributed by atoms with E-state index >= 15 is 0 Å². The van der Waals surface area contributed by atoms with Gasteiger partial charge in [-0.25, -0.2) is 0 Å². The summed E-state index contributed by atoms with van der Waals surface area (Å²) in [5.74, 6) is -0.128. The number of nitrogens with two attached hydrogens (primary N) is 1. The van der Waals surface area contributed by atoms with Crippen LogP contribution in [-0.4, -0.2) is 16.6 Å². The summed E-state index contributed by atoms with van der Waals surface area (Å²) in [5, 5.41) is 10.6. The van der Waals surface area contributed by atoms with Gasteiger partial charge in [0.2, 0.25) is 0 Å². The molecular weight excluding hydrogens is 304 g/mol. The van der Waals surface area contributed by atoms with Gasteiger partial charge in [-0.3, -0.25) is 4.98 Å². The molecule has 0 aliphatic carbocycles. The van der Waals surface area contributed by atoms with Gasteiger partial charge in [0.15, 0.2) is 0 Å². The van der Waals surface area contributed by atoms with Gasteiger partial charge < -0.3 is 10.8 Å². The first-order chi connectivity index (χ1) is 9.11. The Morgan fingerprint density at radius 1 is 1.21 bits per heavy atom. The third-order valence-electron chi connectivity index (χ3n) is 3.18.